The molecule has 1 aromatic carbocycles. The van der Waals surface area contributed by atoms with Crippen molar-refractivity contribution < 1.29 is 27.2 Å². The van der Waals surface area contributed by atoms with Gasteiger partial charge in [0.05, 0.1) is 16.6 Å². The SMILES string of the molecule is O=[N+]([O-])c1cc(OC(F)(F)F)ccc1CF. The number of alkyl halides is 4. The molecule has 0 heterocycles. The first-order chi connectivity index (χ1) is 7.33. The van der Waals surface area contributed by atoms with Crippen LogP contribution in [-0.4, -0.2) is 11.3 Å². The highest BCUT2D eigenvalue weighted by Crippen LogP contribution is 2.29. The van der Waals surface area contributed by atoms with Crippen LogP contribution in [0.1, 0.15) is 5.56 Å². The van der Waals surface area contributed by atoms with E-state index in [-0.39, 0.29) is 5.56 Å². The fraction of sp³-hybridized carbons (Fsp3) is 0.250. The molecule has 88 valence electrons. The van der Waals surface area contributed by atoms with Crippen molar-refractivity contribution >= 4 is 5.69 Å². The largest absolute Gasteiger partial charge is 0.573 e. The quantitative estimate of drug-likeness (QED) is 0.463. The summed E-state index contributed by atoms with van der Waals surface area (Å²) in [5.74, 6) is -0.753. The number of rotatable bonds is 3. The van der Waals surface area contributed by atoms with E-state index in [0.29, 0.717) is 6.07 Å². The molecule has 16 heavy (non-hydrogen) atoms. The predicted molar refractivity (Wildman–Crippen MR) is 44.6 cm³/mol. The first kappa shape index (κ1) is 12.2. The first-order valence-electron chi connectivity index (χ1n) is 3.92. The Balaban J connectivity index is 3.07. The Kier molecular flexibility index (Phi) is 3.31. The number of hydrogen-bond donors (Lipinski definition) is 0. The molecule has 0 N–H and O–H groups in total. The lowest BCUT2D eigenvalue weighted by atomic mass is 10.2. The van der Waals surface area contributed by atoms with Gasteiger partial charge in [0.15, 0.2) is 0 Å². The zero-order valence-electron chi connectivity index (χ0n) is 7.62. The summed E-state index contributed by atoms with van der Waals surface area (Å²) in [4.78, 5) is 9.43. The van der Waals surface area contributed by atoms with Gasteiger partial charge in [-0.2, -0.15) is 0 Å². The molecule has 0 spiro atoms. The van der Waals surface area contributed by atoms with Gasteiger partial charge in [-0.3, -0.25) is 10.1 Å². The standard InChI is InChI=1S/C8H5F4NO3/c9-4-5-1-2-6(16-8(10,11)12)3-7(5)13(14)15/h1-3H,4H2. The highest BCUT2D eigenvalue weighted by Gasteiger charge is 2.32. The average Bonchev–Trinajstić information content (AvgIpc) is 2.15. The number of nitro groups is 1. The van der Waals surface area contributed by atoms with E-state index in [1.165, 1.54) is 0 Å². The van der Waals surface area contributed by atoms with Gasteiger partial charge in [0.25, 0.3) is 5.69 Å². The molecule has 0 atom stereocenters. The minimum Gasteiger partial charge on any atom is -0.406 e. The van der Waals surface area contributed by atoms with Crippen molar-refractivity contribution in [2.45, 2.75) is 13.0 Å². The van der Waals surface area contributed by atoms with Gasteiger partial charge in [0.2, 0.25) is 0 Å². The first-order valence-corrected chi connectivity index (χ1v) is 3.92. The number of ether oxygens (including phenoxy) is 1. The van der Waals surface area contributed by atoms with E-state index in [1.807, 2.05) is 0 Å². The Morgan fingerprint density at radius 2 is 2.00 bits per heavy atom. The van der Waals surface area contributed by atoms with E-state index < -0.39 is 29.4 Å². The van der Waals surface area contributed by atoms with Gasteiger partial charge in [-0.15, -0.1) is 13.2 Å². The molecule has 0 fully saturated rings. The minimum atomic E-state index is -4.94. The summed E-state index contributed by atoms with van der Waals surface area (Å²) < 4.78 is 51.1. The maximum Gasteiger partial charge on any atom is 0.573 e. The van der Waals surface area contributed by atoms with Crippen molar-refractivity contribution in [2.24, 2.45) is 0 Å². The molecular formula is C8H5F4NO3. The molecule has 1 aromatic rings. The van der Waals surface area contributed by atoms with E-state index in [9.17, 15) is 27.7 Å². The van der Waals surface area contributed by atoms with Gasteiger partial charge in [0.1, 0.15) is 12.4 Å². The Bertz CT molecular complexity index is 405. The van der Waals surface area contributed by atoms with Crippen molar-refractivity contribution in [3.63, 3.8) is 0 Å². The second-order valence-corrected chi connectivity index (χ2v) is 2.73. The summed E-state index contributed by atoms with van der Waals surface area (Å²) in [5.41, 5.74) is -1.05. The third kappa shape index (κ3) is 3.07. The van der Waals surface area contributed by atoms with Crippen molar-refractivity contribution in [1.82, 2.24) is 0 Å². The van der Waals surface area contributed by atoms with E-state index in [1.54, 1.807) is 0 Å². The van der Waals surface area contributed by atoms with Crippen LogP contribution in [0.5, 0.6) is 5.75 Å². The topological polar surface area (TPSA) is 52.4 Å². The molecule has 0 aromatic heterocycles. The van der Waals surface area contributed by atoms with Gasteiger partial charge in [-0.1, -0.05) is 0 Å². The van der Waals surface area contributed by atoms with Gasteiger partial charge < -0.3 is 4.74 Å². The number of halogens is 4. The Hall–Kier alpha value is -1.86. The normalized spacial score (nSPS) is 11.2. The Morgan fingerprint density at radius 1 is 1.38 bits per heavy atom. The monoisotopic (exact) mass is 239 g/mol. The van der Waals surface area contributed by atoms with Gasteiger partial charge in [0, 0.05) is 0 Å². The maximum absolute atomic E-state index is 12.2. The molecule has 0 amide bonds. The maximum atomic E-state index is 12.2. The molecule has 0 aliphatic heterocycles. The Morgan fingerprint density at radius 3 is 2.44 bits per heavy atom. The highest BCUT2D eigenvalue weighted by molar-refractivity contribution is 5.45. The number of benzene rings is 1. The summed E-state index contributed by atoms with van der Waals surface area (Å²) in [6.07, 6.45) is -4.94. The second-order valence-electron chi connectivity index (χ2n) is 2.73. The van der Waals surface area contributed by atoms with Crippen LogP contribution >= 0.6 is 0 Å². The molecule has 0 radical (unpaired) electrons. The van der Waals surface area contributed by atoms with Crippen molar-refractivity contribution in [3.05, 3.63) is 33.9 Å². The highest BCUT2D eigenvalue weighted by atomic mass is 19.4. The average molecular weight is 239 g/mol. The van der Waals surface area contributed by atoms with Crippen LogP contribution in [0.3, 0.4) is 0 Å². The number of nitro benzene ring substituents is 1. The summed E-state index contributed by atoms with van der Waals surface area (Å²) >= 11 is 0. The van der Waals surface area contributed by atoms with Crippen molar-refractivity contribution in [1.29, 1.82) is 0 Å². The van der Waals surface area contributed by atoms with Crippen LogP contribution < -0.4 is 4.74 Å². The molecule has 0 aliphatic rings. The Labute approximate surface area is 86.6 Å². The van der Waals surface area contributed by atoms with Crippen LogP contribution in [-0.2, 0) is 6.67 Å². The van der Waals surface area contributed by atoms with E-state index in [0.717, 1.165) is 12.1 Å². The van der Waals surface area contributed by atoms with Gasteiger partial charge in [-0.05, 0) is 12.1 Å². The molecule has 0 saturated heterocycles. The third-order valence-corrected chi connectivity index (χ3v) is 1.63. The van der Waals surface area contributed by atoms with Crippen LogP contribution in [0.15, 0.2) is 18.2 Å². The van der Waals surface area contributed by atoms with Gasteiger partial charge >= 0.3 is 6.36 Å². The summed E-state index contributed by atoms with van der Waals surface area (Å²) in [5, 5.41) is 10.4. The van der Waals surface area contributed by atoms with E-state index >= 15 is 0 Å². The molecule has 4 nitrogen and oxygen atoms in total. The second kappa shape index (κ2) is 4.33. The molecule has 1 rings (SSSR count). The third-order valence-electron chi connectivity index (χ3n) is 1.63. The molecule has 0 unspecified atom stereocenters. The van der Waals surface area contributed by atoms with Crippen LogP contribution in [0, 0.1) is 10.1 Å². The zero-order chi connectivity index (χ0) is 12.3. The van der Waals surface area contributed by atoms with E-state index in [4.69, 9.17) is 0 Å². The molecule has 0 aliphatic carbocycles. The van der Waals surface area contributed by atoms with Crippen molar-refractivity contribution in [2.75, 3.05) is 0 Å². The summed E-state index contributed by atoms with van der Waals surface area (Å²) in [6.45, 7) is -1.14. The van der Waals surface area contributed by atoms with Crippen LogP contribution in [0.25, 0.3) is 0 Å². The van der Waals surface area contributed by atoms with Crippen LogP contribution in [0.2, 0.25) is 0 Å². The lowest BCUT2D eigenvalue weighted by molar-refractivity contribution is -0.386. The molecule has 0 bridgehead atoms. The molecular weight excluding hydrogens is 234 g/mol. The minimum absolute atomic E-state index is 0.306. The molecule has 0 saturated carbocycles. The lowest BCUT2D eigenvalue weighted by Crippen LogP contribution is -2.17. The fourth-order valence-electron chi connectivity index (χ4n) is 1.02. The summed E-state index contributed by atoms with van der Waals surface area (Å²) in [6, 6.07) is 2.22. The van der Waals surface area contributed by atoms with E-state index in [2.05, 4.69) is 4.74 Å². The van der Waals surface area contributed by atoms with Gasteiger partial charge in [-0.25, -0.2) is 4.39 Å². The number of hydrogen-bond acceptors (Lipinski definition) is 3. The fourth-order valence-corrected chi connectivity index (χ4v) is 1.02. The number of nitrogens with zero attached hydrogens (tertiary/aromatic N) is 1. The van der Waals surface area contributed by atoms with Crippen molar-refractivity contribution in [3.8, 4) is 5.75 Å². The summed E-state index contributed by atoms with van der Waals surface area (Å²) in [7, 11) is 0. The lowest BCUT2D eigenvalue weighted by Gasteiger charge is -2.08. The zero-order valence-corrected chi connectivity index (χ0v) is 7.62. The molecule has 8 heteroatoms. The smallest absolute Gasteiger partial charge is 0.406 e. The predicted octanol–water partition coefficient (Wildman–Crippen LogP) is 2.96. The van der Waals surface area contributed by atoms with Crippen LogP contribution in [0.4, 0.5) is 23.2 Å².